The van der Waals surface area contributed by atoms with Crippen LogP contribution in [-0.2, 0) is 0 Å². The number of rotatable bonds is 6. The van der Waals surface area contributed by atoms with Crippen molar-refractivity contribution in [3.05, 3.63) is 67.8 Å². The Balaban J connectivity index is 2.41. The zero-order valence-corrected chi connectivity index (χ0v) is 13.0. The van der Waals surface area contributed by atoms with Crippen molar-refractivity contribution < 1.29 is 19.3 Å². The first-order valence-corrected chi connectivity index (χ1v) is 6.78. The van der Waals surface area contributed by atoms with Crippen LogP contribution < -0.4 is 9.47 Å². The van der Waals surface area contributed by atoms with Crippen molar-refractivity contribution in [3.63, 3.8) is 0 Å². The van der Waals surface area contributed by atoms with Crippen LogP contribution in [0.4, 0.5) is 11.4 Å². The monoisotopic (exact) mass is 330 g/mol. The van der Waals surface area contributed by atoms with Crippen LogP contribution in [0, 0.1) is 20.2 Å². The van der Waals surface area contributed by atoms with E-state index >= 15 is 0 Å². The Morgan fingerprint density at radius 1 is 0.875 bits per heavy atom. The van der Waals surface area contributed by atoms with Crippen LogP contribution in [0.5, 0.6) is 11.5 Å². The molecular weight excluding hydrogens is 316 g/mol. The van der Waals surface area contributed by atoms with Gasteiger partial charge >= 0.3 is 0 Å². The van der Waals surface area contributed by atoms with Crippen LogP contribution >= 0.6 is 0 Å². The van der Waals surface area contributed by atoms with Crippen molar-refractivity contribution in [1.82, 2.24) is 0 Å². The van der Waals surface area contributed by atoms with E-state index in [9.17, 15) is 20.2 Å². The fraction of sp³-hybridized carbons (Fsp3) is 0.125. The highest BCUT2D eigenvalue weighted by atomic mass is 16.6. The fourth-order valence-corrected chi connectivity index (χ4v) is 2.06. The molecule has 2 aromatic carbocycles. The number of methoxy groups -OCH3 is 2. The van der Waals surface area contributed by atoms with Crippen LogP contribution in [0.25, 0.3) is 12.2 Å². The maximum Gasteiger partial charge on any atom is 0.283 e. The van der Waals surface area contributed by atoms with Crippen molar-refractivity contribution in [2.45, 2.75) is 0 Å². The normalized spacial score (nSPS) is 10.6. The summed E-state index contributed by atoms with van der Waals surface area (Å²) in [4.78, 5) is 20.5. The molecule has 2 rings (SSSR count). The lowest BCUT2D eigenvalue weighted by Gasteiger charge is -2.05. The van der Waals surface area contributed by atoms with Crippen LogP contribution in [0.15, 0.2) is 36.4 Å². The lowest BCUT2D eigenvalue weighted by molar-refractivity contribution is -0.394. The van der Waals surface area contributed by atoms with Crippen molar-refractivity contribution in [2.75, 3.05) is 14.2 Å². The minimum absolute atomic E-state index is 0.257. The molecule has 0 saturated carbocycles. The van der Waals surface area contributed by atoms with E-state index in [-0.39, 0.29) is 16.9 Å². The van der Waals surface area contributed by atoms with E-state index in [4.69, 9.17) is 9.47 Å². The Morgan fingerprint density at radius 3 is 2.00 bits per heavy atom. The molecule has 8 nitrogen and oxygen atoms in total. The largest absolute Gasteiger partial charge is 0.497 e. The number of ether oxygens (including phenoxy) is 2. The van der Waals surface area contributed by atoms with Crippen LogP contribution in [-0.4, -0.2) is 24.1 Å². The number of nitro groups is 2. The predicted molar refractivity (Wildman–Crippen MR) is 88.2 cm³/mol. The third kappa shape index (κ3) is 3.86. The summed E-state index contributed by atoms with van der Waals surface area (Å²) in [6.45, 7) is 0. The number of benzene rings is 2. The molecule has 0 aliphatic carbocycles. The van der Waals surface area contributed by atoms with E-state index in [2.05, 4.69) is 0 Å². The summed E-state index contributed by atoms with van der Waals surface area (Å²) in [5, 5.41) is 21.9. The van der Waals surface area contributed by atoms with Gasteiger partial charge in [0.15, 0.2) is 0 Å². The van der Waals surface area contributed by atoms with Gasteiger partial charge in [-0.3, -0.25) is 20.2 Å². The maximum atomic E-state index is 11.1. The third-order valence-corrected chi connectivity index (χ3v) is 3.25. The minimum atomic E-state index is -0.673. The lowest BCUT2D eigenvalue weighted by Crippen LogP contribution is -1.94. The summed E-state index contributed by atoms with van der Waals surface area (Å²) in [7, 11) is 3.03. The van der Waals surface area contributed by atoms with Gasteiger partial charge in [0.1, 0.15) is 11.5 Å². The van der Waals surface area contributed by atoms with Gasteiger partial charge in [-0.05, 0) is 29.8 Å². The highest BCUT2D eigenvalue weighted by molar-refractivity contribution is 5.76. The molecular formula is C16H14N2O6. The molecule has 0 amide bonds. The molecule has 0 unspecified atom stereocenters. The highest BCUT2D eigenvalue weighted by Gasteiger charge is 2.17. The van der Waals surface area contributed by atoms with E-state index < -0.39 is 9.85 Å². The summed E-state index contributed by atoms with van der Waals surface area (Å²) in [5.74, 6) is 1.15. The van der Waals surface area contributed by atoms with E-state index in [1.54, 1.807) is 24.3 Å². The molecule has 0 aliphatic heterocycles. The molecule has 0 heterocycles. The predicted octanol–water partition coefficient (Wildman–Crippen LogP) is 3.69. The Bertz CT molecular complexity index is 794. The first kappa shape index (κ1) is 16.9. The second-order valence-electron chi connectivity index (χ2n) is 4.74. The standard InChI is InChI=1S/C16H14N2O6/c1-23-14-7-11(8-15(10-14)24-2)3-4-12-5-6-13(17(19)20)9-16(12)18(21)22/h3-10H,1-2H3/b4-3+. The molecule has 0 aliphatic rings. The second-order valence-corrected chi connectivity index (χ2v) is 4.74. The van der Waals surface area contributed by atoms with Gasteiger partial charge in [0, 0.05) is 12.1 Å². The molecule has 0 atom stereocenters. The molecule has 24 heavy (non-hydrogen) atoms. The first-order chi connectivity index (χ1) is 11.4. The van der Waals surface area contributed by atoms with Gasteiger partial charge < -0.3 is 9.47 Å². The maximum absolute atomic E-state index is 11.1. The Hall–Kier alpha value is -3.42. The molecule has 0 bridgehead atoms. The topological polar surface area (TPSA) is 105 Å². The average Bonchev–Trinajstić information content (AvgIpc) is 2.59. The molecule has 124 valence electrons. The number of nitro benzene ring substituents is 2. The smallest absolute Gasteiger partial charge is 0.283 e. The first-order valence-electron chi connectivity index (χ1n) is 6.78. The summed E-state index contributed by atoms with van der Waals surface area (Å²) < 4.78 is 10.3. The molecule has 0 aromatic heterocycles. The number of non-ortho nitro benzene ring substituents is 1. The number of hydrogen-bond donors (Lipinski definition) is 0. The lowest BCUT2D eigenvalue weighted by atomic mass is 10.1. The SMILES string of the molecule is COc1cc(/C=C/c2ccc([N+](=O)[O-])cc2[N+](=O)[O-])cc(OC)c1. The van der Waals surface area contributed by atoms with E-state index in [0.717, 1.165) is 6.07 Å². The van der Waals surface area contributed by atoms with Gasteiger partial charge in [-0.25, -0.2) is 0 Å². The Morgan fingerprint density at radius 2 is 1.50 bits per heavy atom. The van der Waals surface area contributed by atoms with Gasteiger partial charge in [0.2, 0.25) is 0 Å². The van der Waals surface area contributed by atoms with Crippen molar-refractivity contribution in [2.24, 2.45) is 0 Å². The molecule has 0 N–H and O–H groups in total. The molecule has 0 spiro atoms. The Labute approximate surface area is 137 Å². The van der Waals surface area contributed by atoms with Crippen molar-refractivity contribution >= 4 is 23.5 Å². The molecule has 0 fully saturated rings. The van der Waals surface area contributed by atoms with Crippen molar-refractivity contribution in [1.29, 1.82) is 0 Å². The summed E-state index contributed by atoms with van der Waals surface area (Å²) >= 11 is 0. The van der Waals surface area contributed by atoms with E-state index in [1.165, 1.54) is 32.4 Å². The van der Waals surface area contributed by atoms with E-state index in [1.807, 2.05) is 0 Å². The van der Waals surface area contributed by atoms with Crippen LogP contribution in [0.3, 0.4) is 0 Å². The molecule has 2 aromatic rings. The summed E-state index contributed by atoms with van der Waals surface area (Å²) in [5.41, 5.74) is 0.295. The van der Waals surface area contributed by atoms with Crippen molar-refractivity contribution in [3.8, 4) is 11.5 Å². The zero-order valence-electron chi connectivity index (χ0n) is 13.0. The summed E-state index contributed by atoms with van der Waals surface area (Å²) in [6, 6.07) is 8.66. The van der Waals surface area contributed by atoms with Gasteiger partial charge in [-0.1, -0.05) is 6.08 Å². The van der Waals surface area contributed by atoms with E-state index in [0.29, 0.717) is 17.1 Å². The van der Waals surface area contributed by atoms with Crippen LogP contribution in [0.2, 0.25) is 0 Å². The summed E-state index contributed by atoms with van der Waals surface area (Å²) in [6.07, 6.45) is 3.15. The van der Waals surface area contributed by atoms with Gasteiger partial charge in [0.05, 0.1) is 35.7 Å². The second kappa shape index (κ2) is 7.23. The third-order valence-electron chi connectivity index (χ3n) is 3.25. The van der Waals surface area contributed by atoms with Gasteiger partial charge in [-0.15, -0.1) is 0 Å². The number of hydrogen-bond acceptors (Lipinski definition) is 6. The van der Waals surface area contributed by atoms with Crippen LogP contribution in [0.1, 0.15) is 11.1 Å². The zero-order chi connectivity index (χ0) is 17.7. The average molecular weight is 330 g/mol. The molecule has 8 heteroatoms. The minimum Gasteiger partial charge on any atom is -0.497 e. The number of nitrogens with zero attached hydrogens (tertiary/aromatic N) is 2. The molecule has 0 saturated heterocycles. The molecule has 0 radical (unpaired) electrons. The Kier molecular flexibility index (Phi) is 5.10. The quantitative estimate of drug-likeness (QED) is 0.454. The highest BCUT2D eigenvalue weighted by Crippen LogP contribution is 2.28. The van der Waals surface area contributed by atoms with Gasteiger partial charge in [0.25, 0.3) is 11.4 Å². The van der Waals surface area contributed by atoms with Gasteiger partial charge in [-0.2, -0.15) is 0 Å². The fourth-order valence-electron chi connectivity index (χ4n) is 2.06.